The van der Waals surface area contributed by atoms with Crippen molar-refractivity contribution in [2.75, 3.05) is 0 Å². The quantitative estimate of drug-likeness (QED) is 0.245. The Morgan fingerprint density at radius 2 is 1.19 bits per heavy atom. The molecule has 4 aromatic rings. The molecule has 4 rings (SSSR count). The van der Waals surface area contributed by atoms with E-state index in [0.29, 0.717) is 36.1 Å². The van der Waals surface area contributed by atoms with Crippen LogP contribution in [-0.2, 0) is 2.85 Å². The van der Waals surface area contributed by atoms with Crippen molar-refractivity contribution < 1.29 is 7.65 Å². The number of hydrogen-bond acceptors (Lipinski definition) is 2. The summed E-state index contributed by atoms with van der Waals surface area (Å²) in [5, 5.41) is 4.49. The molecule has 3 heteroatoms. The third-order valence-electron chi connectivity index (χ3n) is 4.46. The summed E-state index contributed by atoms with van der Waals surface area (Å²) in [6, 6.07) is 28.1. The second-order valence-corrected chi connectivity index (χ2v) is 6.79. The molecule has 0 saturated heterocycles. The summed E-state index contributed by atoms with van der Waals surface area (Å²) >= 11 is 0.590. The summed E-state index contributed by atoms with van der Waals surface area (Å²) in [6.45, 7) is 0. The number of fused-ring (bicyclic) bond motifs is 2. The van der Waals surface area contributed by atoms with Gasteiger partial charge in [0.2, 0.25) is 0 Å². The molecule has 0 bridgehead atoms. The van der Waals surface area contributed by atoms with Crippen LogP contribution in [0.5, 0.6) is 0 Å². The predicted molar refractivity (Wildman–Crippen MR) is 107 cm³/mol. The van der Waals surface area contributed by atoms with Gasteiger partial charge >= 0.3 is 168 Å². The van der Waals surface area contributed by atoms with E-state index in [1.54, 1.807) is 6.08 Å². The van der Waals surface area contributed by atoms with Gasteiger partial charge in [0.25, 0.3) is 0 Å². The summed E-state index contributed by atoms with van der Waals surface area (Å²) in [5.41, 5.74) is 1.59. The minimum absolute atomic E-state index is 0.0479. The number of carbonyl (C=O) groups is 1. The zero-order valence-corrected chi connectivity index (χ0v) is 17.3. The van der Waals surface area contributed by atoms with E-state index < -0.39 is 0 Å². The molecular formula is C23H15InO2. The molecule has 0 aliphatic carbocycles. The Kier molecular flexibility index (Phi) is 4.81. The van der Waals surface area contributed by atoms with Crippen molar-refractivity contribution in [1.29, 1.82) is 0 Å². The van der Waals surface area contributed by atoms with Gasteiger partial charge in [-0.2, -0.15) is 0 Å². The second kappa shape index (κ2) is 7.38. The fourth-order valence-electron chi connectivity index (χ4n) is 3.07. The van der Waals surface area contributed by atoms with Crippen LogP contribution in [0.4, 0.5) is 0 Å². The SMILES string of the molecule is O=C(/C=C(\[O][In])c1ccc2ccccc2c1)c1ccc2ccccc2c1. The summed E-state index contributed by atoms with van der Waals surface area (Å²) < 4.78 is 5.64. The zero-order valence-electron chi connectivity index (χ0n) is 14.1. The molecule has 0 aromatic heterocycles. The van der Waals surface area contributed by atoms with Crippen LogP contribution in [0.3, 0.4) is 0 Å². The number of benzene rings is 4. The Morgan fingerprint density at radius 3 is 1.77 bits per heavy atom. The molecule has 0 N–H and O–H groups in total. The third kappa shape index (κ3) is 3.40. The molecule has 122 valence electrons. The van der Waals surface area contributed by atoms with Crippen LogP contribution in [0.15, 0.2) is 91.0 Å². The molecule has 2 nitrogen and oxygen atoms in total. The van der Waals surface area contributed by atoms with E-state index >= 15 is 0 Å². The maximum absolute atomic E-state index is 12.8. The standard InChI is InChI=1S/C23H16O2.In/c24-22(20-11-9-16-5-1-3-7-18(16)13-20)15-23(25)21-12-10-17-6-2-4-8-19(17)14-21;/h1-15,24H;/q;+1/p-1/b22-15-;. The first kappa shape index (κ1) is 16.9. The molecule has 4 aromatic carbocycles. The van der Waals surface area contributed by atoms with Crippen molar-refractivity contribution in [3.8, 4) is 0 Å². The molecule has 0 atom stereocenters. The Labute approximate surface area is 167 Å². The first-order valence-corrected chi connectivity index (χ1v) is 9.70. The van der Waals surface area contributed by atoms with Gasteiger partial charge in [0.05, 0.1) is 0 Å². The van der Waals surface area contributed by atoms with E-state index in [2.05, 4.69) is 24.3 Å². The van der Waals surface area contributed by atoms with Gasteiger partial charge in [0.1, 0.15) is 0 Å². The van der Waals surface area contributed by atoms with Gasteiger partial charge in [-0.3, -0.25) is 0 Å². The Morgan fingerprint density at radius 1 is 0.692 bits per heavy atom. The number of carbonyl (C=O) groups excluding carboxylic acids is 1. The van der Waals surface area contributed by atoms with Gasteiger partial charge in [-0.25, -0.2) is 0 Å². The van der Waals surface area contributed by atoms with Gasteiger partial charge in [-0.15, -0.1) is 0 Å². The molecule has 0 saturated carbocycles. The minimum atomic E-state index is -0.0479. The van der Waals surface area contributed by atoms with E-state index in [1.165, 1.54) is 5.39 Å². The van der Waals surface area contributed by atoms with Crippen LogP contribution in [0.25, 0.3) is 27.3 Å². The molecule has 0 aliphatic heterocycles. The maximum atomic E-state index is 12.8. The molecule has 0 heterocycles. The molecule has 0 aliphatic rings. The van der Waals surface area contributed by atoms with Gasteiger partial charge < -0.3 is 0 Å². The molecular weight excluding hydrogens is 423 g/mol. The van der Waals surface area contributed by atoms with Gasteiger partial charge in [0, 0.05) is 0 Å². The van der Waals surface area contributed by atoms with E-state index in [9.17, 15) is 4.79 Å². The second-order valence-electron chi connectivity index (χ2n) is 6.11. The average molecular weight is 438 g/mol. The van der Waals surface area contributed by atoms with Crippen molar-refractivity contribution in [2.24, 2.45) is 0 Å². The summed E-state index contributed by atoms with van der Waals surface area (Å²) in [6.07, 6.45) is 1.60. The fraction of sp³-hybridized carbons (Fsp3) is 0. The number of rotatable bonds is 4. The van der Waals surface area contributed by atoms with Crippen molar-refractivity contribution >= 4 is 57.9 Å². The summed E-state index contributed by atoms with van der Waals surface area (Å²) in [5.74, 6) is 0.574. The normalized spacial score (nSPS) is 11.6. The number of ketones is 1. The molecule has 0 fully saturated rings. The van der Waals surface area contributed by atoms with Gasteiger partial charge in [-0.05, 0) is 0 Å². The van der Waals surface area contributed by atoms with Crippen LogP contribution in [0.2, 0.25) is 0 Å². The van der Waals surface area contributed by atoms with Crippen LogP contribution < -0.4 is 0 Å². The van der Waals surface area contributed by atoms with Crippen LogP contribution in [0.1, 0.15) is 15.9 Å². The van der Waals surface area contributed by atoms with Crippen LogP contribution >= 0.6 is 0 Å². The predicted octanol–water partition coefficient (Wildman–Crippen LogP) is 5.32. The summed E-state index contributed by atoms with van der Waals surface area (Å²) in [7, 11) is 0. The van der Waals surface area contributed by atoms with E-state index in [0.717, 1.165) is 21.7 Å². The number of hydrogen-bond donors (Lipinski definition) is 0. The van der Waals surface area contributed by atoms with Crippen molar-refractivity contribution in [3.63, 3.8) is 0 Å². The zero-order chi connectivity index (χ0) is 17.9. The van der Waals surface area contributed by atoms with Crippen molar-refractivity contribution in [3.05, 3.63) is 102 Å². The third-order valence-corrected chi connectivity index (χ3v) is 5.18. The van der Waals surface area contributed by atoms with Crippen LogP contribution in [0, 0.1) is 0 Å². The molecule has 26 heavy (non-hydrogen) atoms. The van der Waals surface area contributed by atoms with Crippen LogP contribution in [-0.4, -0.2) is 30.6 Å². The average Bonchev–Trinajstić information content (AvgIpc) is 2.71. The van der Waals surface area contributed by atoms with Gasteiger partial charge in [0.15, 0.2) is 0 Å². The fourth-order valence-corrected chi connectivity index (χ4v) is 3.66. The molecule has 0 unspecified atom stereocenters. The Balaban J connectivity index is 1.71. The molecule has 2 radical (unpaired) electrons. The van der Waals surface area contributed by atoms with E-state index in [-0.39, 0.29) is 5.78 Å². The van der Waals surface area contributed by atoms with Gasteiger partial charge in [-0.1, -0.05) is 0 Å². The Bertz CT molecular complexity index is 1140. The summed E-state index contributed by atoms with van der Waals surface area (Å²) in [4.78, 5) is 12.8. The van der Waals surface area contributed by atoms with Crippen molar-refractivity contribution in [2.45, 2.75) is 0 Å². The molecule has 0 amide bonds. The Hall–Kier alpha value is -2.52. The van der Waals surface area contributed by atoms with E-state index in [1.807, 2.05) is 60.7 Å². The monoisotopic (exact) mass is 438 g/mol. The van der Waals surface area contributed by atoms with E-state index in [4.69, 9.17) is 2.85 Å². The molecule has 0 spiro atoms. The first-order chi connectivity index (χ1) is 12.7. The topological polar surface area (TPSA) is 26.3 Å². The number of allylic oxidation sites excluding steroid dienone is 1. The first-order valence-electron chi connectivity index (χ1n) is 8.35. The van der Waals surface area contributed by atoms with Crippen molar-refractivity contribution in [1.82, 2.24) is 0 Å².